The molecule has 0 radical (unpaired) electrons. The fourth-order valence-electron chi connectivity index (χ4n) is 2.84. The van der Waals surface area contributed by atoms with Gasteiger partial charge >= 0.3 is 0 Å². The molecular formula is C18H30N2O. The van der Waals surface area contributed by atoms with Crippen LogP contribution >= 0.6 is 0 Å². The van der Waals surface area contributed by atoms with E-state index in [1.54, 1.807) is 0 Å². The largest absolute Gasteiger partial charge is 0.493 e. The molecule has 1 aliphatic rings. The monoisotopic (exact) mass is 290 g/mol. The Bertz CT molecular complexity index is 425. The van der Waals surface area contributed by atoms with Crippen molar-refractivity contribution in [1.29, 1.82) is 0 Å². The van der Waals surface area contributed by atoms with Gasteiger partial charge in [0, 0.05) is 24.7 Å². The summed E-state index contributed by atoms with van der Waals surface area (Å²) in [6, 6.07) is 6.91. The molecule has 3 heteroatoms. The minimum atomic E-state index is 0.494. The van der Waals surface area contributed by atoms with Gasteiger partial charge in [0.1, 0.15) is 5.75 Å². The van der Waals surface area contributed by atoms with Crippen LogP contribution in [0.1, 0.15) is 44.2 Å². The molecule has 0 amide bonds. The number of nitrogens with one attached hydrogen (secondary N) is 1. The highest BCUT2D eigenvalue weighted by Crippen LogP contribution is 2.23. The topological polar surface area (TPSA) is 24.5 Å². The maximum Gasteiger partial charge on any atom is 0.126 e. The van der Waals surface area contributed by atoms with Crippen LogP contribution in [0.2, 0.25) is 0 Å². The van der Waals surface area contributed by atoms with Gasteiger partial charge in [0.2, 0.25) is 0 Å². The number of hydrogen-bond acceptors (Lipinski definition) is 3. The molecule has 1 heterocycles. The van der Waals surface area contributed by atoms with Crippen molar-refractivity contribution in [2.45, 2.75) is 52.6 Å². The molecule has 1 saturated heterocycles. The zero-order valence-electron chi connectivity index (χ0n) is 13.8. The van der Waals surface area contributed by atoms with Crippen LogP contribution in [-0.2, 0) is 6.54 Å². The van der Waals surface area contributed by atoms with E-state index < -0.39 is 0 Å². The van der Waals surface area contributed by atoms with Crippen LogP contribution in [0.5, 0.6) is 5.75 Å². The minimum Gasteiger partial charge on any atom is -0.493 e. The highest BCUT2D eigenvalue weighted by Gasteiger charge is 2.11. The summed E-state index contributed by atoms with van der Waals surface area (Å²) in [6.07, 6.45) is 3.85. The molecule has 2 rings (SSSR count). The maximum absolute atomic E-state index is 6.09. The quantitative estimate of drug-likeness (QED) is 0.743. The van der Waals surface area contributed by atoms with E-state index in [0.29, 0.717) is 6.04 Å². The number of likely N-dealkylation sites (tertiary alicyclic amines) is 1. The Morgan fingerprint density at radius 3 is 2.71 bits per heavy atom. The summed E-state index contributed by atoms with van der Waals surface area (Å²) in [5, 5.41) is 3.48. The molecule has 0 bridgehead atoms. The van der Waals surface area contributed by atoms with Crippen molar-refractivity contribution in [1.82, 2.24) is 10.2 Å². The van der Waals surface area contributed by atoms with E-state index >= 15 is 0 Å². The highest BCUT2D eigenvalue weighted by molar-refractivity contribution is 5.40. The van der Waals surface area contributed by atoms with Crippen molar-refractivity contribution >= 4 is 0 Å². The molecule has 1 fully saturated rings. The average Bonchev–Trinajstić information content (AvgIpc) is 2.96. The zero-order valence-corrected chi connectivity index (χ0v) is 13.8. The Hall–Kier alpha value is -1.06. The van der Waals surface area contributed by atoms with Gasteiger partial charge in [-0.3, -0.25) is 0 Å². The van der Waals surface area contributed by atoms with Gasteiger partial charge in [-0.25, -0.2) is 0 Å². The van der Waals surface area contributed by atoms with Crippen LogP contribution in [0, 0.1) is 6.92 Å². The lowest BCUT2D eigenvalue weighted by Gasteiger charge is -2.18. The first kappa shape index (κ1) is 16.3. The van der Waals surface area contributed by atoms with Gasteiger partial charge in [-0.1, -0.05) is 32.0 Å². The third kappa shape index (κ3) is 5.33. The number of benzene rings is 1. The van der Waals surface area contributed by atoms with Gasteiger partial charge in [-0.15, -0.1) is 0 Å². The van der Waals surface area contributed by atoms with Crippen molar-refractivity contribution in [2.24, 2.45) is 0 Å². The summed E-state index contributed by atoms with van der Waals surface area (Å²) < 4.78 is 6.09. The van der Waals surface area contributed by atoms with Crippen LogP contribution in [0.4, 0.5) is 0 Å². The Morgan fingerprint density at radius 1 is 1.24 bits per heavy atom. The first-order valence-corrected chi connectivity index (χ1v) is 8.34. The molecule has 1 aliphatic heterocycles. The van der Waals surface area contributed by atoms with E-state index in [0.717, 1.165) is 25.3 Å². The Morgan fingerprint density at radius 2 is 2.00 bits per heavy atom. The lowest BCUT2D eigenvalue weighted by atomic mass is 10.1. The van der Waals surface area contributed by atoms with Gasteiger partial charge in [0.25, 0.3) is 0 Å². The van der Waals surface area contributed by atoms with Crippen molar-refractivity contribution < 1.29 is 4.74 Å². The molecule has 0 saturated carbocycles. The predicted molar refractivity (Wildman–Crippen MR) is 88.9 cm³/mol. The van der Waals surface area contributed by atoms with Crippen LogP contribution in [0.15, 0.2) is 18.2 Å². The van der Waals surface area contributed by atoms with E-state index in [2.05, 4.69) is 49.2 Å². The second-order valence-corrected chi connectivity index (χ2v) is 6.35. The Kier molecular flexibility index (Phi) is 6.52. The summed E-state index contributed by atoms with van der Waals surface area (Å²) in [5.41, 5.74) is 2.50. The first-order chi connectivity index (χ1) is 10.2. The minimum absolute atomic E-state index is 0.494. The summed E-state index contributed by atoms with van der Waals surface area (Å²) in [6.45, 7) is 11.9. The van der Waals surface area contributed by atoms with E-state index in [-0.39, 0.29) is 0 Å². The molecular weight excluding hydrogens is 260 g/mol. The second kappa shape index (κ2) is 8.40. The molecule has 0 spiro atoms. The molecule has 118 valence electrons. The van der Waals surface area contributed by atoms with Crippen molar-refractivity contribution in [3.05, 3.63) is 29.3 Å². The molecule has 1 N–H and O–H groups in total. The molecule has 0 aromatic heterocycles. The standard InChI is InChI=1S/C18H30N2O/c1-15(2)19-14-17-9-6-8-16(3)18(17)21-13-7-12-20-10-4-5-11-20/h6,8-9,15,19H,4-5,7,10-14H2,1-3H3. The number of ether oxygens (including phenoxy) is 1. The van der Waals surface area contributed by atoms with Gasteiger partial charge < -0.3 is 15.0 Å². The van der Waals surface area contributed by atoms with Gasteiger partial charge in [-0.05, 0) is 44.8 Å². The van der Waals surface area contributed by atoms with Crippen molar-refractivity contribution in [3.63, 3.8) is 0 Å². The average molecular weight is 290 g/mol. The van der Waals surface area contributed by atoms with Crippen molar-refractivity contribution in [3.8, 4) is 5.75 Å². The summed E-state index contributed by atoms with van der Waals surface area (Å²) >= 11 is 0. The lowest BCUT2D eigenvalue weighted by Crippen LogP contribution is -2.23. The summed E-state index contributed by atoms with van der Waals surface area (Å²) in [7, 11) is 0. The van der Waals surface area contributed by atoms with E-state index in [1.807, 2.05) is 0 Å². The van der Waals surface area contributed by atoms with Gasteiger partial charge in [-0.2, -0.15) is 0 Å². The SMILES string of the molecule is Cc1cccc(CNC(C)C)c1OCCCN1CCCC1. The number of nitrogens with zero attached hydrogens (tertiary/aromatic N) is 1. The Labute approximate surface area is 129 Å². The van der Waals surface area contributed by atoms with E-state index in [1.165, 1.54) is 43.6 Å². The van der Waals surface area contributed by atoms with Crippen LogP contribution in [-0.4, -0.2) is 37.2 Å². The smallest absolute Gasteiger partial charge is 0.126 e. The molecule has 3 nitrogen and oxygen atoms in total. The summed E-state index contributed by atoms with van der Waals surface area (Å²) in [4.78, 5) is 2.54. The van der Waals surface area contributed by atoms with Crippen molar-refractivity contribution in [2.75, 3.05) is 26.2 Å². The fourth-order valence-corrected chi connectivity index (χ4v) is 2.84. The maximum atomic E-state index is 6.09. The molecule has 1 aromatic rings. The molecule has 1 aromatic carbocycles. The second-order valence-electron chi connectivity index (χ2n) is 6.35. The number of aryl methyl sites for hydroxylation is 1. The third-order valence-corrected chi connectivity index (χ3v) is 4.06. The van der Waals surface area contributed by atoms with Crippen LogP contribution < -0.4 is 10.1 Å². The highest BCUT2D eigenvalue weighted by atomic mass is 16.5. The Balaban J connectivity index is 1.82. The molecule has 0 atom stereocenters. The molecule has 0 unspecified atom stereocenters. The zero-order chi connectivity index (χ0) is 15.1. The third-order valence-electron chi connectivity index (χ3n) is 4.06. The number of hydrogen-bond donors (Lipinski definition) is 1. The van der Waals surface area contributed by atoms with Gasteiger partial charge in [0.15, 0.2) is 0 Å². The lowest BCUT2D eigenvalue weighted by molar-refractivity contribution is 0.260. The van der Waals surface area contributed by atoms with E-state index in [4.69, 9.17) is 4.74 Å². The predicted octanol–water partition coefficient (Wildman–Crippen LogP) is 3.36. The molecule has 21 heavy (non-hydrogen) atoms. The molecule has 0 aliphatic carbocycles. The van der Waals surface area contributed by atoms with E-state index in [9.17, 15) is 0 Å². The fraction of sp³-hybridized carbons (Fsp3) is 0.667. The number of para-hydroxylation sites is 1. The first-order valence-electron chi connectivity index (χ1n) is 8.34. The van der Waals surface area contributed by atoms with Crippen LogP contribution in [0.25, 0.3) is 0 Å². The normalized spacial score (nSPS) is 15.8. The number of rotatable bonds is 8. The van der Waals surface area contributed by atoms with Gasteiger partial charge in [0.05, 0.1) is 6.61 Å². The van der Waals surface area contributed by atoms with Crippen LogP contribution in [0.3, 0.4) is 0 Å². The summed E-state index contributed by atoms with van der Waals surface area (Å²) in [5.74, 6) is 1.08.